The zero-order valence-electron chi connectivity index (χ0n) is 12.3. The Labute approximate surface area is 127 Å². The van der Waals surface area contributed by atoms with Gasteiger partial charge in [-0.1, -0.05) is 18.2 Å². The molecule has 0 radical (unpaired) electrons. The zero-order chi connectivity index (χ0) is 16.1. The Hall–Kier alpha value is -2.64. The molecule has 0 bridgehead atoms. The van der Waals surface area contributed by atoms with Crippen LogP contribution in [0.15, 0.2) is 42.2 Å². The summed E-state index contributed by atoms with van der Waals surface area (Å²) in [7, 11) is 1.47. The largest absolute Gasteiger partial charge is 0.490 e. The second-order valence-corrected chi connectivity index (χ2v) is 4.54. The minimum atomic E-state index is -0.480. The van der Waals surface area contributed by atoms with Crippen LogP contribution in [0.4, 0.5) is 11.4 Å². The summed E-state index contributed by atoms with van der Waals surface area (Å²) in [5.74, 6) is 0.181. The molecule has 1 aliphatic carbocycles. The van der Waals surface area contributed by atoms with Crippen LogP contribution in [-0.2, 0) is 9.53 Å². The van der Waals surface area contributed by atoms with Gasteiger partial charge < -0.3 is 9.47 Å². The maximum Gasteiger partial charge on any atom is 0.324 e. The second kappa shape index (κ2) is 6.88. The SMILES string of the molecule is COc1cccc(/[N+](O)=C2\CC=CC=C2OC(C)=O)c1[NH2+]O. The van der Waals surface area contributed by atoms with E-state index in [1.165, 1.54) is 14.0 Å². The number of hydrogen-bond acceptors (Lipinski definition) is 5. The number of hydrogen-bond donors (Lipinski definition) is 3. The third kappa shape index (κ3) is 3.16. The van der Waals surface area contributed by atoms with Crippen LogP contribution in [0, 0.1) is 0 Å². The first-order valence-electron chi connectivity index (χ1n) is 6.63. The molecule has 4 N–H and O–H groups in total. The maximum absolute atomic E-state index is 11.2. The molecule has 0 unspecified atom stereocenters. The number of rotatable bonds is 4. The number of ether oxygens (including phenoxy) is 2. The highest BCUT2D eigenvalue weighted by Gasteiger charge is 2.30. The first kappa shape index (κ1) is 15.7. The zero-order valence-corrected chi connectivity index (χ0v) is 12.3. The van der Waals surface area contributed by atoms with Gasteiger partial charge in [0.1, 0.15) is 0 Å². The number of para-hydroxylation sites is 1. The molecule has 1 aliphatic rings. The Morgan fingerprint density at radius 2 is 2.18 bits per heavy atom. The van der Waals surface area contributed by atoms with Crippen molar-refractivity contribution in [3.63, 3.8) is 0 Å². The summed E-state index contributed by atoms with van der Waals surface area (Å²) >= 11 is 0. The predicted molar refractivity (Wildman–Crippen MR) is 76.7 cm³/mol. The highest BCUT2D eigenvalue weighted by Crippen LogP contribution is 2.30. The average Bonchev–Trinajstić information content (AvgIpc) is 2.53. The lowest BCUT2D eigenvalue weighted by Crippen LogP contribution is -2.74. The van der Waals surface area contributed by atoms with Gasteiger partial charge in [0.2, 0.25) is 5.76 Å². The third-order valence-corrected chi connectivity index (χ3v) is 3.11. The summed E-state index contributed by atoms with van der Waals surface area (Å²) in [5.41, 5.74) is 1.86. The van der Waals surface area contributed by atoms with Crippen LogP contribution in [0.2, 0.25) is 0 Å². The van der Waals surface area contributed by atoms with E-state index in [9.17, 15) is 15.2 Å². The third-order valence-electron chi connectivity index (χ3n) is 3.11. The summed E-state index contributed by atoms with van der Waals surface area (Å²) in [6, 6.07) is 4.95. The van der Waals surface area contributed by atoms with Crippen molar-refractivity contribution < 1.29 is 34.9 Å². The Bertz CT molecular complexity index is 677. The minimum Gasteiger partial charge on any atom is -0.490 e. The van der Waals surface area contributed by atoms with Gasteiger partial charge in [-0.15, -0.1) is 0 Å². The molecule has 0 saturated heterocycles. The van der Waals surface area contributed by atoms with Crippen LogP contribution < -0.4 is 10.2 Å². The van der Waals surface area contributed by atoms with Gasteiger partial charge in [0.05, 0.1) is 13.5 Å². The molecular formula is C15H18N2O5+2. The molecule has 0 atom stereocenters. The topological polar surface area (TPSA) is 95.6 Å². The van der Waals surface area contributed by atoms with Gasteiger partial charge in [-0.2, -0.15) is 5.48 Å². The molecule has 7 nitrogen and oxygen atoms in total. The van der Waals surface area contributed by atoms with Crippen molar-refractivity contribution in [3.05, 3.63) is 42.2 Å². The van der Waals surface area contributed by atoms with Crippen molar-refractivity contribution in [2.24, 2.45) is 0 Å². The van der Waals surface area contributed by atoms with E-state index in [0.717, 1.165) is 10.2 Å². The van der Waals surface area contributed by atoms with Crippen molar-refractivity contribution in [1.82, 2.24) is 0 Å². The van der Waals surface area contributed by atoms with Gasteiger partial charge in [-0.05, 0) is 12.1 Å². The van der Waals surface area contributed by atoms with Crippen LogP contribution in [0.25, 0.3) is 0 Å². The van der Waals surface area contributed by atoms with Gasteiger partial charge in [-0.25, -0.2) is 5.21 Å². The number of carbonyl (C=O) groups is 1. The summed E-state index contributed by atoms with van der Waals surface area (Å²) < 4.78 is 11.1. The van der Waals surface area contributed by atoms with Gasteiger partial charge in [0.15, 0.2) is 5.75 Å². The van der Waals surface area contributed by atoms with E-state index in [1.54, 1.807) is 30.4 Å². The summed E-state index contributed by atoms with van der Waals surface area (Å²) in [6.07, 6.45) is 5.51. The lowest BCUT2D eigenvalue weighted by Gasteiger charge is -2.09. The molecule has 0 heterocycles. The molecule has 2 rings (SSSR count). The molecule has 1 aromatic carbocycles. The first-order chi connectivity index (χ1) is 10.6. The number of methoxy groups -OCH3 is 1. The van der Waals surface area contributed by atoms with Gasteiger partial charge in [-0.3, -0.25) is 10.0 Å². The number of allylic oxidation sites excluding steroid dienone is 4. The highest BCUT2D eigenvalue weighted by molar-refractivity contribution is 5.99. The molecule has 0 amide bonds. The fourth-order valence-electron chi connectivity index (χ4n) is 2.14. The van der Waals surface area contributed by atoms with E-state index in [2.05, 4.69) is 0 Å². The number of nitrogens with zero attached hydrogens (tertiary/aromatic N) is 1. The quantitative estimate of drug-likeness (QED) is 0.255. The maximum atomic E-state index is 11.2. The van der Waals surface area contributed by atoms with E-state index in [-0.39, 0.29) is 5.76 Å². The van der Waals surface area contributed by atoms with E-state index in [0.29, 0.717) is 29.3 Å². The fourth-order valence-corrected chi connectivity index (χ4v) is 2.14. The lowest BCUT2D eigenvalue weighted by molar-refractivity contribution is -0.830. The lowest BCUT2D eigenvalue weighted by atomic mass is 10.1. The second-order valence-electron chi connectivity index (χ2n) is 4.54. The summed E-state index contributed by atoms with van der Waals surface area (Å²) in [4.78, 5) is 11.2. The van der Waals surface area contributed by atoms with Crippen molar-refractivity contribution in [3.8, 4) is 5.75 Å². The van der Waals surface area contributed by atoms with Crippen LogP contribution in [-0.4, -0.2) is 33.9 Å². The van der Waals surface area contributed by atoms with Crippen molar-refractivity contribution >= 4 is 23.1 Å². The molecule has 7 heteroatoms. The van der Waals surface area contributed by atoms with E-state index < -0.39 is 5.97 Å². The minimum absolute atomic E-state index is 0.254. The Morgan fingerprint density at radius 3 is 2.82 bits per heavy atom. The van der Waals surface area contributed by atoms with E-state index in [1.807, 2.05) is 6.08 Å². The molecule has 0 aliphatic heterocycles. The van der Waals surface area contributed by atoms with Crippen molar-refractivity contribution in [2.45, 2.75) is 13.3 Å². The Balaban J connectivity index is 2.53. The molecular weight excluding hydrogens is 288 g/mol. The predicted octanol–water partition coefficient (Wildman–Crippen LogP) is 1.16. The molecule has 0 aromatic heterocycles. The molecule has 22 heavy (non-hydrogen) atoms. The molecule has 116 valence electrons. The van der Waals surface area contributed by atoms with Crippen molar-refractivity contribution in [1.29, 1.82) is 0 Å². The fraction of sp³-hybridized carbons (Fsp3) is 0.200. The van der Waals surface area contributed by atoms with Crippen LogP contribution in [0.3, 0.4) is 0 Å². The van der Waals surface area contributed by atoms with Crippen LogP contribution in [0.5, 0.6) is 5.75 Å². The Kier molecular flexibility index (Phi) is 4.92. The van der Waals surface area contributed by atoms with E-state index in [4.69, 9.17) is 9.47 Å². The summed E-state index contributed by atoms with van der Waals surface area (Å²) in [6.45, 7) is 1.29. The normalized spacial score (nSPS) is 16.0. The first-order valence-corrected chi connectivity index (χ1v) is 6.63. The van der Waals surface area contributed by atoms with E-state index >= 15 is 0 Å². The molecule has 0 fully saturated rings. The number of benzene rings is 1. The number of quaternary nitrogens is 1. The van der Waals surface area contributed by atoms with Gasteiger partial charge in [0, 0.05) is 17.7 Å². The van der Waals surface area contributed by atoms with Crippen LogP contribution >= 0.6 is 0 Å². The van der Waals surface area contributed by atoms with Crippen LogP contribution in [0.1, 0.15) is 13.3 Å². The Morgan fingerprint density at radius 1 is 1.41 bits per heavy atom. The number of nitrogens with two attached hydrogens (primary N) is 1. The van der Waals surface area contributed by atoms with Gasteiger partial charge in [0.25, 0.3) is 11.4 Å². The number of carbonyl (C=O) groups excluding carboxylic acids is 1. The number of esters is 1. The molecule has 1 aromatic rings. The standard InChI is InChI=1S/C15H17N2O5/c1-10(18)22-13-8-4-3-6-11(13)17(20)12-7-5-9-14(21-2)15(12)16-19/h3-5,7-9,16,19-20H,6H2,1-2H3/q+1/p+1/b17-11-. The van der Waals surface area contributed by atoms with Crippen molar-refractivity contribution in [2.75, 3.05) is 7.11 Å². The summed E-state index contributed by atoms with van der Waals surface area (Å²) in [5, 5.41) is 19.9. The smallest absolute Gasteiger partial charge is 0.324 e. The molecule has 0 saturated carbocycles. The molecule has 0 spiro atoms. The highest BCUT2D eigenvalue weighted by atomic mass is 16.5. The van der Waals surface area contributed by atoms with Gasteiger partial charge >= 0.3 is 11.7 Å². The average molecular weight is 306 g/mol. The monoisotopic (exact) mass is 306 g/mol.